The Labute approximate surface area is 296 Å². The van der Waals surface area contributed by atoms with Crippen molar-refractivity contribution in [3.8, 4) is 46.1 Å². The van der Waals surface area contributed by atoms with Gasteiger partial charge in [0.2, 0.25) is 0 Å². The number of nitrogens with zero attached hydrogens (tertiary/aromatic N) is 5. The van der Waals surface area contributed by atoms with Crippen LogP contribution in [0, 0.1) is 34.0 Å². The summed E-state index contributed by atoms with van der Waals surface area (Å²) in [6, 6.07) is 46.9. The van der Waals surface area contributed by atoms with Crippen molar-refractivity contribution < 1.29 is 0 Å². The van der Waals surface area contributed by atoms with E-state index in [-0.39, 0.29) is 12.0 Å². The van der Waals surface area contributed by atoms with Gasteiger partial charge in [0.15, 0.2) is 0 Å². The van der Waals surface area contributed by atoms with Gasteiger partial charge in [-0.15, -0.1) is 0 Å². The van der Waals surface area contributed by atoms with Crippen molar-refractivity contribution >= 4 is 28.4 Å². The molecule has 2 heterocycles. The van der Waals surface area contributed by atoms with Crippen LogP contribution in [-0.4, -0.2) is 10.6 Å². The van der Waals surface area contributed by atoms with Crippen molar-refractivity contribution in [3.05, 3.63) is 179 Å². The molecule has 1 unspecified atom stereocenters. The Morgan fingerprint density at radius 3 is 2.16 bits per heavy atom. The fourth-order valence-corrected chi connectivity index (χ4v) is 8.02. The molecule has 1 aliphatic heterocycles. The predicted molar refractivity (Wildman–Crippen MR) is 203 cm³/mol. The number of fused-ring (bicyclic) bond motifs is 6. The minimum Gasteiger partial charge on any atom is -0.333 e. The van der Waals surface area contributed by atoms with Crippen molar-refractivity contribution in [1.29, 1.82) is 15.8 Å². The normalized spacial score (nSPS) is 16.9. The Bertz CT molecular complexity index is 2640. The van der Waals surface area contributed by atoms with Gasteiger partial charge in [-0.05, 0) is 82.4 Å². The molecule has 0 saturated heterocycles. The highest BCUT2D eigenvalue weighted by atomic mass is 15.2. The molecule has 2 aliphatic carbocycles. The van der Waals surface area contributed by atoms with Crippen LogP contribution < -0.4 is 4.90 Å². The zero-order chi connectivity index (χ0) is 34.5. The molecular formula is C46H29N5. The lowest BCUT2D eigenvalue weighted by atomic mass is 9.88. The second-order valence-corrected chi connectivity index (χ2v) is 13.0. The van der Waals surface area contributed by atoms with Crippen molar-refractivity contribution in [2.45, 2.75) is 18.4 Å². The van der Waals surface area contributed by atoms with Gasteiger partial charge >= 0.3 is 0 Å². The van der Waals surface area contributed by atoms with Gasteiger partial charge in [0.05, 0.1) is 46.7 Å². The molecule has 1 aromatic heterocycles. The smallest absolute Gasteiger partial charge is 0.0998 e. The van der Waals surface area contributed by atoms with Crippen LogP contribution >= 0.6 is 0 Å². The van der Waals surface area contributed by atoms with Crippen LogP contribution in [0.3, 0.4) is 0 Å². The third kappa shape index (κ3) is 4.82. The minimum absolute atomic E-state index is 0.00229. The molecule has 5 aromatic carbocycles. The van der Waals surface area contributed by atoms with Gasteiger partial charge in [0, 0.05) is 45.8 Å². The molecule has 0 saturated carbocycles. The number of allylic oxidation sites excluding steroid dienone is 5. The molecule has 0 radical (unpaired) electrons. The molecule has 5 heteroatoms. The van der Waals surface area contributed by atoms with E-state index in [2.05, 4.69) is 137 Å². The average molecular weight is 652 g/mol. The Morgan fingerprint density at radius 2 is 1.37 bits per heavy atom. The van der Waals surface area contributed by atoms with E-state index in [4.69, 9.17) is 0 Å². The fourth-order valence-electron chi connectivity index (χ4n) is 8.02. The summed E-state index contributed by atoms with van der Waals surface area (Å²) in [6.07, 6.45) is 12.7. The molecule has 0 fully saturated rings. The number of anilines is 2. The van der Waals surface area contributed by atoms with Crippen LogP contribution in [0.25, 0.3) is 44.9 Å². The molecule has 2 atom stereocenters. The lowest BCUT2D eigenvalue weighted by molar-refractivity contribution is 0.741. The first-order chi connectivity index (χ1) is 25.2. The van der Waals surface area contributed by atoms with Crippen LogP contribution in [0.5, 0.6) is 0 Å². The molecule has 0 spiro atoms. The van der Waals surface area contributed by atoms with E-state index >= 15 is 0 Å². The zero-order valence-corrected chi connectivity index (χ0v) is 27.5. The monoisotopic (exact) mass is 651 g/mol. The third-order valence-electron chi connectivity index (χ3n) is 10.3. The van der Waals surface area contributed by atoms with E-state index in [9.17, 15) is 15.8 Å². The lowest BCUT2D eigenvalue weighted by Crippen LogP contribution is -2.29. The molecular weight excluding hydrogens is 623 g/mol. The molecule has 9 rings (SSSR count). The van der Waals surface area contributed by atoms with Crippen LogP contribution in [0.15, 0.2) is 157 Å². The van der Waals surface area contributed by atoms with E-state index < -0.39 is 0 Å². The van der Waals surface area contributed by atoms with E-state index in [1.807, 2.05) is 42.5 Å². The standard InChI is InChI=1S/C46H29N5/c47-27-30-7-5-13-43-39(25-30)37-9-1-3-11-41(37)50(43)36-22-20-33(21-23-36)32-16-18-34(19-17-32)46-35(29-49)8-6-14-45(46)51-42-12-4-2-10-38(42)40-26-31(28-48)15-24-44(40)51/h1-24,26,40,44H,25H2/t40-,44?/m0/s1. The quantitative estimate of drug-likeness (QED) is 0.190. The Balaban J connectivity index is 1.08. The van der Waals surface area contributed by atoms with Gasteiger partial charge in [-0.3, -0.25) is 0 Å². The molecule has 6 aromatic rings. The highest BCUT2D eigenvalue weighted by molar-refractivity contribution is 5.92. The molecule has 0 bridgehead atoms. The summed E-state index contributed by atoms with van der Waals surface area (Å²) < 4.78 is 2.28. The highest BCUT2D eigenvalue weighted by Crippen LogP contribution is 2.51. The maximum atomic E-state index is 10.3. The maximum absolute atomic E-state index is 10.3. The summed E-state index contributed by atoms with van der Waals surface area (Å²) in [6.45, 7) is 0. The van der Waals surface area contributed by atoms with Crippen molar-refractivity contribution in [2.75, 3.05) is 4.90 Å². The first-order valence-corrected chi connectivity index (χ1v) is 17.0. The number of nitriles is 3. The van der Waals surface area contributed by atoms with Gasteiger partial charge < -0.3 is 9.47 Å². The molecule has 51 heavy (non-hydrogen) atoms. The molecule has 3 aliphatic rings. The summed E-state index contributed by atoms with van der Waals surface area (Å²) in [7, 11) is 0. The first-order valence-electron chi connectivity index (χ1n) is 17.0. The van der Waals surface area contributed by atoms with Gasteiger partial charge in [0.1, 0.15) is 0 Å². The van der Waals surface area contributed by atoms with E-state index in [1.165, 1.54) is 11.1 Å². The van der Waals surface area contributed by atoms with E-state index in [1.54, 1.807) is 0 Å². The van der Waals surface area contributed by atoms with Gasteiger partial charge in [-0.1, -0.05) is 97.1 Å². The average Bonchev–Trinajstić information content (AvgIpc) is 3.59. The van der Waals surface area contributed by atoms with Crippen LogP contribution in [0.1, 0.15) is 28.3 Å². The first kappa shape index (κ1) is 30.0. The Morgan fingerprint density at radius 1 is 0.647 bits per heavy atom. The fraction of sp³-hybridized carbons (Fsp3) is 0.0652. The number of benzene rings is 5. The number of aromatic nitrogens is 1. The molecule has 238 valence electrons. The third-order valence-corrected chi connectivity index (χ3v) is 10.3. The molecule has 0 amide bonds. The number of para-hydroxylation sites is 2. The molecule has 5 nitrogen and oxygen atoms in total. The molecule has 0 N–H and O–H groups in total. The minimum atomic E-state index is -0.00229. The summed E-state index contributed by atoms with van der Waals surface area (Å²) in [5, 5.41) is 30.8. The summed E-state index contributed by atoms with van der Waals surface area (Å²) in [4.78, 5) is 2.32. The SMILES string of the molecule is N#CC1=C[C@H]2c3ccccc3N(c3cccc(C#N)c3-c3ccc(-c4ccc(-n5c6c(c7ccccc75)CC(C#N)=CC=C6)cc4)cc3)C2C=C1. The van der Waals surface area contributed by atoms with E-state index in [0.717, 1.165) is 61.5 Å². The Hall–Kier alpha value is -7.13. The lowest BCUT2D eigenvalue weighted by Gasteiger charge is -2.31. The second kappa shape index (κ2) is 12.1. The van der Waals surface area contributed by atoms with Crippen molar-refractivity contribution in [3.63, 3.8) is 0 Å². The zero-order valence-electron chi connectivity index (χ0n) is 27.5. The van der Waals surface area contributed by atoms with Gasteiger partial charge in [0.25, 0.3) is 0 Å². The van der Waals surface area contributed by atoms with Gasteiger partial charge in [-0.25, -0.2) is 0 Å². The van der Waals surface area contributed by atoms with Crippen molar-refractivity contribution in [1.82, 2.24) is 4.57 Å². The van der Waals surface area contributed by atoms with E-state index in [0.29, 0.717) is 17.6 Å². The topological polar surface area (TPSA) is 79.5 Å². The van der Waals surface area contributed by atoms with Gasteiger partial charge in [-0.2, -0.15) is 15.8 Å². The maximum Gasteiger partial charge on any atom is 0.0998 e. The number of hydrogen-bond acceptors (Lipinski definition) is 4. The summed E-state index contributed by atoms with van der Waals surface area (Å²) >= 11 is 0. The number of rotatable bonds is 4. The number of hydrogen-bond donors (Lipinski definition) is 0. The predicted octanol–water partition coefficient (Wildman–Crippen LogP) is 10.5. The van der Waals surface area contributed by atoms with Crippen LogP contribution in [0.2, 0.25) is 0 Å². The Kier molecular flexibility index (Phi) is 7.10. The summed E-state index contributed by atoms with van der Waals surface area (Å²) in [5.74, 6) is 0.0481. The second-order valence-electron chi connectivity index (χ2n) is 13.0. The largest absolute Gasteiger partial charge is 0.333 e. The highest BCUT2D eigenvalue weighted by Gasteiger charge is 2.39. The van der Waals surface area contributed by atoms with Crippen molar-refractivity contribution in [2.24, 2.45) is 0 Å². The van der Waals surface area contributed by atoms with Crippen LogP contribution in [0.4, 0.5) is 11.4 Å². The van der Waals surface area contributed by atoms with Crippen LogP contribution in [-0.2, 0) is 6.42 Å². The summed E-state index contributed by atoms with van der Waals surface area (Å²) in [5.41, 5.74) is 13.7.